The number of pyridine rings is 1. The van der Waals surface area contributed by atoms with Gasteiger partial charge in [-0.15, -0.1) is 0 Å². The lowest BCUT2D eigenvalue weighted by atomic mass is 10.0. The summed E-state index contributed by atoms with van der Waals surface area (Å²) >= 11 is 0. The van der Waals surface area contributed by atoms with E-state index in [9.17, 15) is 15.4 Å². The van der Waals surface area contributed by atoms with Crippen LogP contribution in [0.1, 0.15) is 22.3 Å². The number of rotatable bonds is 4. The van der Waals surface area contributed by atoms with Gasteiger partial charge < -0.3 is 11.1 Å². The number of hydrogen-bond acceptors (Lipinski definition) is 9. The quantitative estimate of drug-likeness (QED) is 0.376. The summed E-state index contributed by atoms with van der Waals surface area (Å²) in [7, 11) is 0. The zero-order valence-corrected chi connectivity index (χ0v) is 16.9. The number of hydrogen-bond donors (Lipinski definition) is 2. The molecule has 1 aromatic carbocycles. The molecule has 0 aliphatic heterocycles. The summed E-state index contributed by atoms with van der Waals surface area (Å²) in [4.78, 5) is 23.1. The maximum Gasteiger partial charge on any atom is 0.353 e. The van der Waals surface area contributed by atoms with Gasteiger partial charge in [0.1, 0.15) is 18.0 Å². The Morgan fingerprint density at radius 2 is 1.97 bits per heavy atom. The standard InChI is InChI=1S/C20H17N9O2/c1-10-4-12(3)16-14(5-10)11(2)6-15(26-16)28-20(13(7-21)8-25-28)27-19-17(29(30)31)18(22)23-9-24-19/h4-6,8-9H,1-3H3,(H3,22,23,24,27). The van der Waals surface area contributed by atoms with Crippen LogP contribution in [0.3, 0.4) is 0 Å². The molecule has 0 saturated heterocycles. The van der Waals surface area contributed by atoms with Crippen LogP contribution in [0.5, 0.6) is 0 Å². The fourth-order valence-electron chi connectivity index (χ4n) is 3.44. The zero-order valence-electron chi connectivity index (χ0n) is 16.9. The molecule has 11 nitrogen and oxygen atoms in total. The number of nitrogens with two attached hydrogens (primary N) is 1. The van der Waals surface area contributed by atoms with Crippen molar-refractivity contribution in [3.8, 4) is 11.9 Å². The molecule has 0 amide bonds. The van der Waals surface area contributed by atoms with Crippen LogP contribution in [-0.2, 0) is 0 Å². The minimum Gasteiger partial charge on any atom is -0.378 e. The van der Waals surface area contributed by atoms with Crippen molar-refractivity contribution >= 4 is 34.0 Å². The van der Waals surface area contributed by atoms with Gasteiger partial charge in [-0.1, -0.05) is 11.6 Å². The molecule has 0 fully saturated rings. The molecule has 4 rings (SSSR count). The lowest BCUT2D eigenvalue weighted by Crippen LogP contribution is -2.10. The van der Waals surface area contributed by atoms with Gasteiger partial charge in [-0.2, -0.15) is 15.0 Å². The predicted molar refractivity (Wildman–Crippen MR) is 114 cm³/mol. The highest BCUT2D eigenvalue weighted by Crippen LogP contribution is 2.32. The van der Waals surface area contributed by atoms with Crippen molar-refractivity contribution in [2.75, 3.05) is 11.1 Å². The highest BCUT2D eigenvalue weighted by Gasteiger charge is 2.24. The Morgan fingerprint density at radius 3 is 2.68 bits per heavy atom. The molecule has 4 aromatic rings. The topological polar surface area (TPSA) is 161 Å². The summed E-state index contributed by atoms with van der Waals surface area (Å²) in [5.74, 6) is 0.183. The first kappa shape index (κ1) is 19.7. The van der Waals surface area contributed by atoms with E-state index in [0.717, 1.165) is 33.9 Å². The van der Waals surface area contributed by atoms with Crippen molar-refractivity contribution in [2.24, 2.45) is 0 Å². The van der Waals surface area contributed by atoms with Crippen LogP contribution in [0.4, 0.5) is 23.1 Å². The van der Waals surface area contributed by atoms with Crippen LogP contribution in [-0.4, -0.2) is 29.7 Å². The van der Waals surface area contributed by atoms with Crippen LogP contribution >= 0.6 is 0 Å². The number of nitrogens with zero attached hydrogens (tertiary/aromatic N) is 7. The maximum absolute atomic E-state index is 11.4. The van der Waals surface area contributed by atoms with Gasteiger partial charge in [0.05, 0.1) is 16.6 Å². The number of aryl methyl sites for hydroxylation is 3. The van der Waals surface area contributed by atoms with Crippen LogP contribution in [0.25, 0.3) is 16.7 Å². The van der Waals surface area contributed by atoms with E-state index in [1.54, 1.807) is 0 Å². The molecule has 0 spiro atoms. The zero-order chi connectivity index (χ0) is 22.3. The van der Waals surface area contributed by atoms with Crippen molar-refractivity contribution in [2.45, 2.75) is 20.8 Å². The van der Waals surface area contributed by atoms with Crippen LogP contribution in [0, 0.1) is 42.2 Å². The van der Waals surface area contributed by atoms with E-state index in [1.165, 1.54) is 10.9 Å². The summed E-state index contributed by atoms with van der Waals surface area (Å²) < 4.78 is 1.41. The third-order valence-electron chi connectivity index (χ3n) is 4.82. The minimum absolute atomic E-state index is 0.153. The number of benzene rings is 1. The van der Waals surface area contributed by atoms with Crippen LogP contribution in [0.2, 0.25) is 0 Å². The molecule has 0 radical (unpaired) electrons. The van der Waals surface area contributed by atoms with Crippen molar-refractivity contribution in [3.63, 3.8) is 0 Å². The van der Waals surface area contributed by atoms with Crippen LogP contribution in [0.15, 0.2) is 30.7 Å². The first-order chi connectivity index (χ1) is 14.8. The first-order valence-electron chi connectivity index (χ1n) is 9.19. The molecule has 0 bridgehead atoms. The highest BCUT2D eigenvalue weighted by atomic mass is 16.6. The number of nitrogen functional groups attached to an aromatic ring is 1. The van der Waals surface area contributed by atoms with Gasteiger partial charge in [0.15, 0.2) is 11.6 Å². The van der Waals surface area contributed by atoms with Gasteiger partial charge in [0.25, 0.3) is 0 Å². The van der Waals surface area contributed by atoms with Gasteiger partial charge >= 0.3 is 5.69 Å². The maximum atomic E-state index is 11.4. The van der Waals surface area contributed by atoms with E-state index in [1.807, 2.05) is 39.0 Å². The van der Waals surface area contributed by atoms with Crippen molar-refractivity contribution in [1.82, 2.24) is 24.7 Å². The highest BCUT2D eigenvalue weighted by molar-refractivity contribution is 5.86. The van der Waals surface area contributed by atoms with Gasteiger partial charge in [0.2, 0.25) is 11.6 Å². The van der Waals surface area contributed by atoms with E-state index in [2.05, 4.69) is 26.4 Å². The summed E-state index contributed by atoms with van der Waals surface area (Å²) in [6.45, 7) is 5.96. The monoisotopic (exact) mass is 415 g/mol. The molecule has 3 aromatic heterocycles. The number of anilines is 3. The van der Waals surface area contributed by atoms with E-state index in [4.69, 9.17) is 10.7 Å². The fraction of sp³-hybridized carbons (Fsp3) is 0.150. The Balaban J connectivity index is 1.91. The molecule has 0 unspecified atom stereocenters. The normalized spacial score (nSPS) is 10.8. The van der Waals surface area contributed by atoms with Gasteiger partial charge in [-0.25, -0.2) is 15.0 Å². The molecule has 11 heteroatoms. The number of nitriles is 1. The molecule has 3 heterocycles. The van der Waals surface area contributed by atoms with Crippen LogP contribution < -0.4 is 11.1 Å². The predicted octanol–water partition coefficient (Wildman–Crippen LogP) is 3.24. The molecule has 31 heavy (non-hydrogen) atoms. The third-order valence-corrected chi connectivity index (χ3v) is 4.82. The Morgan fingerprint density at radius 1 is 1.19 bits per heavy atom. The molecule has 0 atom stereocenters. The smallest absolute Gasteiger partial charge is 0.353 e. The molecule has 0 aliphatic carbocycles. The average molecular weight is 415 g/mol. The molecular weight excluding hydrogens is 398 g/mol. The van der Waals surface area contributed by atoms with E-state index in [0.29, 0.717) is 5.82 Å². The summed E-state index contributed by atoms with van der Waals surface area (Å²) in [6, 6.07) is 7.95. The number of nitro groups is 1. The number of aromatic nitrogens is 5. The SMILES string of the molecule is Cc1cc(C)c2nc(-n3ncc(C#N)c3Nc3ncnc(N)c3[N+](=O)[O-])cc(C)c2c1. The van der Waals surface area contributed by atoms with E-state index >= 15 is 0 Å². The molecular formula is C20H17N9O2. The molecule has 3 N–H and O–H groups in total. The summed E-state index contributed by atoms with van der Waals surface area (Å²) in [6.07, 6.45) is 2.45. The van der Waals surface area contributed by atoms with Crippen molar-refractivity contribution < 1.29 is 4.92 Å². The minimum atomic E-state index is -0.686. The lowest BCUT2D eigenvalue weighted by molar-refractivity contribution is -0.383. The van der Waals surface area contributed by atoms with E-state index in [-0.39, 0.29) is 23.0 Å². The Labute approximate surface area is 176 Å². The van der Waals surface area contributed by atoms with Crippen molar-refractivity contribution in [1.29, 1.82) is 5.26 Å². The van der Waals surface area contributed by atoms with Gasteiger partial charge in [0, 0.05) is 5.39 Å². The molecule has 0 saturated carbocycles. The second kappa shape index (κ2) is 7.34. The largest absolute Gasteiger partial charge is 0.378 e. The van der Waals surface area contributed by atoms with Gasteiger partial charge in [-0.05, 0) is 44.0 Å². The third kappa shape index (κ3) is 3.36. The lowest BCUT2D eigenvalue weighted by Gasteiger charge is -2.13. The van der Waals surface area contributed by atoms with Crippen molar-refractivity contribution in [3.05, 3.63) is 63.1 Å². The summed E-state index contributed by atoms with van der Waals surface area (Å²) in [5, 5.41) is 29.1. The van der Waals surface area contributed by atoms with Gasteiger partial charge in [-0.3, -0.25) is 10.1 Å². The molecule has 0 aliphatic rings. The van der Waals surface area contributed by atoms with E-state index < -0.39 is 10.6 Å². The fourth-order valence-corrected chi connectivity index (χ4v) is 3.44. The summed E-state index contributed by atoms with van der Waals surface area (Å²) in [5.41, 5.74) is 9.23. The number of fused-ring (bicyclic) bond motifs is 1. The average Bonchev–Trinajstić information content (AvgIpc) is 3.11. The first-order valence-corrected chi connectivity index (χ1v) is 9.19. The second-order valence-electron chi connectivity index (χ2n) is 7.04. The number of nitrogens with one attached hydrogen (secondary N) is 1. The molecule has 154 valence electrons. The Kier molecular flexibility index (Phi) is 4.67. The second-order valence-corrected chi connectivity index (χ2v) is 7.04. The Bertz CT molecular complexity index is 1400. The Hall–Kier alpha value is -4.59.